The Bertz CT molecular complexity index is 1400. The zero-order valence-electron chi connectivity index (χ0n) is 17.5. The van der Waals surface area contributed by atoms with E-state index in [-0.39, 0.29) is 22.4 Å². The summed E-state index contributed by atoms with van der Waals surface area (Å²) in [7, 11) is 0. The summed E-state index contributed by atoms with van der Waals surface area (Å²) < 4.78 is 27.7. The minimum absolute atomic E-state index is 0.00773. The lowest BCUT2D eigenvalue weighted by Gasteiger charge is -2.25. The smallest absolute Gasteiger partial charge is 0.311 e. The van der Waals surface area contributed by atoms with Crippen LogP contribution in [-0.2, 0) is 9.59 Å². The summed E-state index contributed by atoms with van der Waals surface area (Å²) in [5.74, 6) is -4.77. The third-order valence-electron chi connectivity index (χ3n) is 5.47. The van der Waals surface area contributed by atoms with Crippen LogP contribution in [0, 0.1) is 28.7 Å². The molecule has 2 N–H and O–H groups in total. The predicted octanol–water partition coefficient (Wildman–Crippen LogP) is 4.51. The number of hydrogen-bond acceptors (Lipinski definition) is 6. The average molecular weight is 466 g/mol. The van der Waals surface area contributed by atoms with Gasteiger partial charge in [-0.2, -0.15) is 0 Å². The number of amides is 1. The fourth-order valence-electron chi connectivity index (χ4n) is 3.84. The normalized spacial score (nSPS) is 17.3. The van der Waals surface area contributed by atoms with E-state index in [9.17, 15) is 38.7 Å². The van der Waals surface area contributed by atoms with Crippen LogP contribution in [0.5, 0.6) is 5.75 Å². The van der Waals surface area contributed by atoms with Gasteiger partial charge in [0.05, 0.1) is 16.5 Å². The maximum absolute atomic E-state index is 14.0. The lowest BCUT2D eigenvalue weighted by molar-refractivity contribution is -0.385. The van der Waals surface area contributed by atoms with Crippen molar-refractivity contribution >= 4 is 28.8 Å². The number of nitrogens with zero attached hydrogens (tertiary/aromatic N) is 2. The Hall–Kier alpha value is -4.60. The number of aromatic hydroxyl groups is 1. The molecule has 1 aliphatic rings. The van der Waals surface area contributed by atoms with E-state index in [4.69, 9.17) is 0 Å². The Kier molecular flexibility index (Phi) is 5.58. The number of Topliss-reactive ketones (excluding diaryl/α,β-unsaturated/α-hetero) is 1. The van der Waals surface area contributed by atoms with Crippen molar-refractivity contribution in [3.8, 4) is 5.75 Å². The van der Waals surface area contributed by atoms with Crippen LogP contribution in [0.3, 0.4) is 0 Å². The third kappa shape index (κ3) is 3.75. The van der Waals surface area contributed by atoms with Crippen LogP contribution >= 0.6 is 0 Å². The molecule has 0 aromatic heterocycles. The van der Waals surface area contributed by atoms with Crippen molar-refractivity contribution in [1.82, 2.24) is 0 Å². The van der Waals surface area contributed by atoms with Gasteiger partial charge in [0, 0.05) is 17.3 Å². The molecule has 1 heterocycles. The number of carbonyl (C=O) groups is 2. The SMILES string of the molecule is Cc1cc(/C(O)=C2/C(=O)C(=O)N(c3cccc(F)c3)C2c2ccc(O)c([N+](=O)[O-])c2)ccc1F. The Morgan fingerprint density at radius 2 is 1.79 bits per heavy atom. The number of carbonyl (C=O) groups excluding carboxylic acids is 2. The number of halogens is 2. The monoisotopic (exact) mass is 466 g/mol. The maximum atomic E-state index is 14.0. The van der Waals surface area contributed by atoms with E-state index >= 15 is 0 Å². The number of rotatable bonds is 4. The quantitative estimate of drug-likeness (QED) is 0.192. The van der Waals surface area contributed by atoms with Gasteiger partial charge >= 0.3 is 5.69 Å². The molecule has 3 aromatic carbocycles. The maximum Gasteiger partial charge on any atom is 0.311 e. The number of anilines is 1. The van der Waals surface area contributed by atoms with Gasteiger partial charge in [-0.1, -0.05) is 12.1 Å². The van der Waals surface area contributed by atoms with Crippen molar-refractivity contribution in [2.75, 3.05) is 4.90 Å². The minimum atomic E-state index is -1.40. The molecule has 0 saturated carbocycles. The van der Waals surface area contributed by atoms with Crippen molar-refractivity contribution < 1.29 is 33.5 Å². The molecular formula is C24H16F2N2O6. The van der Waals surface area contributed by atoms with Gasteiger partial charge < -0.3 is 10.2 Å². The molecule has 3 aromatic rings. The van der Waals surface area contributed by atoms with Crippen LogP contribution in [0.25, 0.3) is 5.76 Å². The molecule has 1 aliphatic heterocycles. The van der Waals surface area contributed by atoms with Gasteiger partial charge in [-0.3, -0.25) is 24.6 Å². The first-order valence-electron chi connectivity index (χ1n) is 9.90. The molecule has 10 heteroatoms. The largest absolute Gasteiger partial charge is 0.507 e. The van der Waals surface area contributed by atoms with E-state index in [2.05, 4.69) is 0 Å². The van der Waals surface area contributed by atoms with Crippen LogP contribution in [0.15, 0.2) is 66.2 Å². The summed E-state index contributed by atoms with van der Waals surface area (Å²) in [6.45, 7) is 1.44. The van der Waals surface area contributed by atoms with E-state index in [1.165, 1.54) is 37.3 Å². The number of nitro benzene ring substituents is 1. The molecule has 1 saturated heterocycles. The molecule has 1 amide bonds. The summed E-state index contributed by atoms with van der Waals surface area (Å²) in [6.07, 6.45) is 0. The van der Waals surface area contributed by atoms with E-state index in [0.29, 0.717) is 0 Å². The van der Waals surface area contributed by atoms with Gasteiger partial charge in [0.15, 0.2) is 5.75 Å². The highest BCUT2D eigenvalue weighted by Gasteiger charge is 2.47. The highest BCUT2D eigenvalue weighted by atomic mass is 19.1. The van der Waals surface area contributed by atoms with Crippen LogP contribution < -0.4 is 4.90 Å². The lowest BCUT2D eigenvalue weighted by Crippen LogP contribution is -2.29. The Labute approximate surface area is 191 Å². The predicted molar refractivity (Wildman–Crippen MR) is 117 cm³/mol. The highest BCUT2D eigenvalue weighted by Crippen LogP contribution is 2.44. The van der Waals surface area contributed by atoms with Crippen LogP contribution in [0.1, 0.15) is 22.7 Å². The van der Waals surface area contributed by atoms with Crippen molar-refractivity contribution in [2.24, 2.45) is 0 Å². The van der Waals surface area contributed by atoms with Gasteiger partial charge in [0.1, 0.15) is 17.4 Å². The molecule has 1 unspecified atom stereocenters. The van der Waals surface area contributed by atoms with Crippen LogP contribution in [0.4, 0.5) is 20.2 Å². The number of nitro groups is 1. The summed E-state index contributed by atoms with van der Waals surface area (Å²) in [4.78, 5) is 37.5. The molecule has 0 aliphatic carbocycles. The summed E-state index contributed by atoms with van der Waals surface area (Å²) in [5.41, 5.74) is -0.944. The zero-order chi connectivity index (χ0) is 24.7. The third-order valence-corrected chi connectivity index (χ3v) is 5.47. The van der Waals surface area contributed by atoms with Gasteiger partial charge in [0.2, 0.25) is 0 Å². The van der Waals surface area contributed by atoms with E-state index in [1.54, 1.807) is 0 Å². The standard InChI is InChI=1S/C24H16F2N2O6/c1-12-9-14(5-7-17(12)26)22(30)20-21(13-6-8-19(29)18(10-13)28(33)34)27(24(32)23(20)31)16-4-2-3-15(25)11-16/h2-11,21,29-30H,1H3/b22-20-. The van der Waals surface area contributed by atoms with Crippen molar-refractivity contribution in [1.29, 1.82) is 0 Å². The summed E-state index contributed by atoms with van der Waals surface area (Å²) in [5, 5.41) is 32.2. The first kappa shape index (κ1) is 22.6. The second-order valence-electron chi connectivity index (χ2n) is 7.62. The van der Waals surface area contributed by atoms with Crippen molar-refractivity contribution in [3.05, 3.63) is 105 Å². The Morgan fingerprint density at radius 3 is 2.44 bits per heavy atom. The summed E-state index contributed by atoms with van der Waals surface area (Å²) >= 11 is 0. The topological polar surface area (TPSA) is 121 Å². The van der Waals surface area contributed by atoms with Gasteiger partial charge in [-0.25, -0.2) is 8.78 Å². The van der Waals surface area contributed by atoms with Gasteiger partial charge in [-0.05, 0) is 60.5 Å². The Morgan fingerprint density at radius 1 is 1.06 bits per heavy atom. The number of benzene rings is 3. The second-order valence-corrected chi connectivity index (χ2v) is 7.62. The van der Waals surface area contributed by atoms with Crippen molar-refractivity contribution in [3.63, 3.8) is 0 Å². The molecule has 8 nitrogen and oxygen atoms in total. The zero-order valence-corrected chi connectivity index (χ0v) is 17.5. The average Bonchev–Trinajstić information content (AvgIpc) is 3.06. The number of aryl methyl sites for hydroxylation is 1. The number of aliphatic hydroxyl groups excluding tert-OH is 1. The molecule has 1 fully saturated rings. The first-order valence-corrected chi connectivity index (χ1v) is 9.90. The van der Waals surface area contributed by atoms with Gasteiger partial charge in [-0.15, -0.1) is 0 Å². The fourth-order valence-corrected chi connectivity index (χ4v) is 3.84. The molecule has 172 valence electrons. The molecular weight excluding hydrogens is 450 g/mol. The number of hydrogen-bond donors (Lipinski definition) is 2. The molecule has 34 heavy (non-hydrogen) atoms. The number of aliphatic hydroxyl groups is 1. The molecule has 1 atom stereocenters. The van der Waals surface area contributed by atoms with E-state index in [0.717, 1.165) is 35.2 Å². The second kappa shape index (κ2) is 8.39. The van der Waals surface area contributed by atoms with Crippen LogP contribution in [0.2, 0.25) is 0 Å². The molecule has 4 rings (SSSR count). The van der Waals surface area contributed by atoms with Crippen molar-refractivity contribution in [2.45, 2.75) is 13.0 Å². The number of phenols is 1. The number of ketones is 1. The summed E-state index contributed by atoms with van der Waals surface area (Å²) in [6, 6.07) is 10.2. The molecule has 0 bridgehead atoms. The first-order chi connectivity index (χ1) is 16.1. The Balaban J connectivity index is 2.00. The molecule has 0 spiro atoms. The van der Waals surface area contributed by atoms with Gasteiger partial charge in [0.25, 0.3) is 11.7 Å². The number of phenolic OH excluding ortho intramolecular Hbond substituents is 1. The van der Waals surface area contributed by atoms with E-state index < -0.39 is 57.1 Å². The highest BCUT2D eigenvalue weighted by molar-refractivity contribution is 6.51. The molecule has 0 radical (unpaired) electrons. The van der Waals surface area contributed by atoms with Crippen LogP contribution in [-0.4, -0.2) is 26.8 Å². The van der Waals surface area contributed by atoms with E-state index in [1.807, 2.05) is 0 Å². The fraction of sp³-hybridized carbons (Fsp3) is 0.0833. The minimum Gasteiger partial charge on any atom is -0.507 e. The lowest BCUT2D eigenvalue weighted by atomic mass is 9.94.